The van der Waals surface area contributed by atoms with Gasteiger partial charge in [0.05, 0.1) is 0 Å². The highest BCUT2D eigenvalue weighted by molar-refractivity contribution is 6.00. The third-order valence-electron chi connectivity index (χ3n) is 2.48. The van der Waals surface area contributed by atoms with E-state index in [0.717, 1.165) is 12.0 Å². The highest BCUT2D eigenvalue weighted by atomic mass is 16.5. The summed E-state index contributed by atoms with van der Waals surface area (Å²) in [4.78, 5) is 23.2. The Labute approximate surface area is 119 Å². The van der Waals surface area contributed by atoms with Gasteiger partial charge in [0.2, 0.25) is 5.91 Å². The molecule has 0 bridgehead atoms. The van der Waals surface area contributed by atoms with E-state index in [-0.39, 0.29) is 17.5 Å². The van der Waals surface area contributed by atoms with E-state index in [1.807, 2.05) is 30.3 Å². The molecule has 5 heteroatoms. The van der Waals surface area contributed by atoms with Crippen molar-refractivity contribution in [2.75, 3.05) is 20.3 Å². The molecule has 108 valence electrons. The molecule has 0 aromatic heterocycles. The van der Waals surface area contributed by atoms with E-state index in [0.29, 0.717) is 13.2 Å². The number of amides is 2. The van der Waals surface area contributed by atoms with Crippen LogP contribution >= 0.6 is 0 Å². The van der Waals surface area contributed by atoms with Gasteiger partial charge in [-0.05, 0) is 18.1 Å². The van der Waals surface area contributed by atoms with E-state index in [1.165, 1.54) is 6.92 Å². The van der Waals surface area contributed by atoms with Gasteiger partial charge in [-0.25, -0.2) is 0 Å². The zero-order valence-corrected chi connectivity index (χ0v) is 11.8. The quantitative estimate of drug-likeness (QED) is 0.583. The van der Waals surface area contributed by atoms with Gasteiger partial charge in [0.25, 0.3) is 5.91 Å². The predicted octanol–water partition coefficient (Wildman–Crippen LogP) is 1.32. The van der Waals surface area contributed by atoms with Crippen molar-refractivity contribution in [3.63, 3.8) is 0 Å². The minimum atomic E-state index is -0.305. The molecular formula is C15H20N2O3. The number of hydrogen-bond acceptors (Lipinski definition) is 3. The Hall–Kier alpha value is -2.14. The summed E-state index contributed by atoms with van der Waals surface area (Å²) in [5.41, 5.74) is 1.09. The van der Waals surface area contributed by atoms with Gasteiger partial charge in [-0.15, -0.1) is 0 Å². The Balaban J connectivity index is 2.71. The number of nitrogens with one attached hydrogen (secondary N) is 2. The summed E-state index contributed by atoms with van der Waals surface area (Å²) in [7, 11) is 1.61. The molecule has 20 heavy (non-hydrogen) atoms. The lowest BCUT2D eigenvalue weighted by Crippen LogP contribution is -2.34. The van der Waals surface area contributed by atoms with Gasteiger partial charge in [0.15, 0.2) is 0 Å². The van der Waals surface area contributed by atoms with Crippen LogP contribution in [0.5, 0.6) is 0 Å². The molecule has 2 N–H and O–H groups in total. The minimum absolute atomic E-state index is 0.237. The second-order valence-electron chi connectivity index (χ2n) is 4.25. The third-order valence-corrected chi connectivity index (χ3v) is 2.48. The molecule has 0 atom stereocenters. The van der Waals surface area contributed by atoms with Gasteiger partial charge in [0.1, 0.15) is 5.70 Å². The van der Waals surface area contributed by atoms with Gasteiger partial charge in [0, 0.05) is 27.2 Å². The van der Waals surface area contributed by atoms with Crippen LogP contribution in [0.15, 0.2) is 36.0 Å². The maximum absolute atomic E-state index is 12.0. The van der Waals surface area contributed by atoms with Crippen LogP contribution in [0.4, 0.5) is 0 Å². The maximum atomic E-state index is 12.0. The van der Waals surface area contributed by atoms with Crippen LogP contribution in [-0.2, 0) is 14.3 Å². The molecular weight excluding hydrogens is 256 g/mol. The lowest BCUT2D eigenvalue weighted by Gasteiger charge is -2.09. The maximum Gasteiger partial charge on any atom is 0.267 e. The molecule has 0 unspecified atom stereocenters. The molecule has 2 amide bonds. The average Bonchev–Trinajstić information content (AvgIpc) is 2.43. The second-order valence-corrected chi connectivity index (χ2v) is 4.25. The van der Waals surface area contributed by atoms with E-state index >= 15 is 0 Å². The van der Waals surface area contributed by atoms with Crippen molar-refractivity contribution in [3.05, 3.63) is 41.6 Å². The zero-order valence-electron chi connectivity index (χ0n) is 11.8. The summed E-state index contributed by atoms with van der Waals surface area (Å²) in [6, 6.07) is 9.35. The van der Waals surface area contributed by atoms with Crippen LogP contribution in [-0.4, -0.2) is 32.1 Å². The first-order valence-corrected chi connectivity index (χ1v) is 6.45. The van der Waals surface area contributed by atoms with Crippen LogP contribution in [0.25, 0.3) is 6.08 Å². The van der Waals surface area contributed by atoms with Gasteiger partial charge in [-0.2, -0.15) is 0 Å². The minimum Gasteiger partial charge on any atom is -0.385 e. The molecule has 0 heterocycles. The number of rotatable bonds is 7. The molecule has 0 fully saturated rings. The van der Waals surface area contributed by atoms with Gasteiger partial charge >= 0.3 is 0 Å². The van der Waals surface area contributed by atoms with Crippen molar-refractivity contribution in [2.45, 2.75) is 13.3 Å². The Morgan fingerprint density at radius 2 is 1.95 bits per heavy atom. The molecule has 5 nitrogen and oxygen atoms in total. The van der Waals surface area contributed by atoms with Crippen molar-refractivity contribution < 1.29 is 14.3 Å². The number of ether oxygens (including phenoxy) is 1. The number of hydrogen-bond donors (Lipinski definition) is 2. The lowest BCUT2D eigenvalue weighted by atomic mass is 10.2. The first kappa shape index (κ1) is 15.9. The molecule has 0 spiro atoms. The van der Waals surface area contributed by atoms with Crippen LogP contribution in [0.2, 0.25) is 0 Å². The summed E-state index contributed by atoms with van der Waals surface area (Å²) >= 11 is 0. The van der Waals surface area contributed by atoms with Crippen LogP contribution < -0.4 is 10.6 Å². The predicted molar refractivity (Wildman–Crippen MR) is 77.7 cm³/mol. The van der Waals surface area contributed by atoms with Gasteiger partial charge in [-0.3, -0.25) is 9.59 Å². The number of carbonyl (C=O) groups excluding carboxylic acids is 2. The summed E-state index contributed by atoms with van der Waals surface area (Å²) in [5.74, 6) is -0.584. The number of methoxy groups -OCH3 is 1. The second kappa shape index (κ2) is 8.87. The number of carbonyl (C=O) groups is 2. The van der Waals surface area contributed by atoms with Crippen molar-refractivity contribution in [3.8, 4) is 0 Å². The summed E-state index contributed by atoms with van der Waals surface area (Å²) in [6.07, 6.45) is 2.37. The van der Waals surface area contributed by atoms with E-state index in [1.54, 1.807) is 13.2 Å². The van der Waals surface area contributed by atoms with Crippen LogP contribution in [0.3, 0.4) is 0 Å². The largest absolute Gasteiger partial charge is 0.385 e. The monoisotopic (exact) mass is 276 g/mol. The number of benzene rings is 1. The highest BCUT2D eigenvalue weighted by Gasteiger charge is 2.10. The fraction of sp³-hybridized carbons (Fsp3) is 0.333. The molecule has 1 aromatic rings. The molecule has 0 aliphatic rings. The molecule has 0 saturated carbocycles. The first-order valence-electron chi connectivity index (χ1n) is 6.45. The topological polar surface area (TPSA) is 67.4 Å². The third kappa shape index (κ3) is 6.15. The van der Waals surface area contributed by atoms with E-state index in [9.17, 15) is 9.59 Å². The molecule has 1 aromatic carbocycles. The smallest absolute Gasteiger partial charge is 0.267 e. The first-order chi connectivity index (χ1) is 9.63. The average molecular weight is 276 g/mol. The van der Waals surface area contributed by atoms with Crippen molar-refractivity contribution >= 4 is 17.9 Å². The van der Waals surface area contributed by atoms with E-state index in [4.69, 9.17) is 4.74 Å². The fourth-order valence-corrected chi connectivity index (χ4v) is 1.58. The van der Waals surface area contributed by atoms with E-state index in [2.05, 4.69) is 10.6 Å². The Bertz CT molecular complexity index is 469. The Kier molecular flexibility index (Phi) is 7.06. The van der Waals surface area contributed by atoms with Gasteiger partial charge < -0.3 is 15.4 Å². The molecule has 0 aliphatic carbocycles. The van der Waals surface area contributed by atoms with Gasteiger partial charge in [-0.1, -0.05) is 30.3 Å². The summed E-state index contributed by atoms with van der Waals surface area (Å²) in [6.45, 7) is 2.45. The molecule has 0 saturated heterocycles. The van der Waals surface area contributed by atoms with Crippen molar-refractivity contribution in [2.24, 2.45) is 0 Å². The van der Waals surface area contributed by atoms with Crippen LogP contribution in [0, 0.1) is 0 Å². The normalized spacial score (nSPS) is 11.0. The SMILES string of the molecule is COCCCNC(=O)/C(=C/c1ccccc1)NC(C)=O. The standard InChI is InChI=1S/C15H20N2O3/c1-12(18)17-14(11-13-7-4-3-5-8-13)15(19)16-9-6-10-20-2/h3-5,7-8,11H,6,9-10H2,1-2H3,(H,16,19)(H,17,18)/b14-11-. The fourth-order valence-electron chi connectivity index (χ4n) is 1.58. The zero-order chi connectivity index (χ0) is 14.8. The van der Waals surface area contributed by atoms with E-state index < -0.39 is 0 Å². The molecule has 1 rings (SSSR count). The Morgan fingerprint density at radius 3 is 2.55 bits per heavy atom. The van der Waals surface area contributed by atoms with Crippen molar-refractivity contribution in [1.82, 2.24) is 10.6 Å². The lowest BCUT2D eigenvalue weighted by molar-refractivity contribution is -0.122. The van der Waals surface area contributed by atoms with Crippen LogP contribution in [0.1, 0.15) is 18.9 Å². The molecule has 0 aliphatic heterocycles. The summed E-state index contributed by atoms with van der Waals surface area (Å²) in [5, 5.41) is 5.29. The Morgan fingerprint density at radius 1 is 1.25 bits per heavy atom. The van der Waals surface area contributed by atoms with Crippen molar-refractivity contribution in [1.29, 1.82) is 0 Å². The summed E-state index contributed by atoms with van der Waals surface area (Å²) < 4.78 is 4.91. The molecule has 0 radical (unpaired) electrons. The highest BCUT2D eigenvalue weighted by Crippen LogP contribution is 2.05.